The van der Waals surface area contributed by atoms with Gasteiger partial charge in [-0.15, -0.1) is 0 Å². The minimum absolute atomic E-state index is 0.0886. The van der Waals surface area contributed by atoms with Crippen molar-refractivity contribution in [3.8, 4) is 0 Å². The Morgan fingerprint density at radius 1 is 1.25 bits per heavy atom. The molecule has 3 rings (SSSR count). The first-order valence-electron chi connectivity index (χ1n) is 8.70. The fourth-order valence-electron chi connectivity index (χ4n) is 3.21. The molecule has 2 heterocycles. The Hall–Kier alpha value is -2.14. The number of likely N-dealkylation sites (tertiary alicyclic amines) is 1. The van der Waals surface area contributed by atoms with Crippen LogP contribution in [0, 0.1) is 0 Å². The number of carbonyl (C=O) groups excluding carboxylic acids is 1. The van der Waals surface area contributed by atoms with E-state index in [4.69, 9.17) is 0 Å². The Labute approximate surface area is 143 Å². The quantitative estimate of drug-likeness (QED) is 0.919. The summed E-state index contributed by atoms with van der Waals surface area (Å²) in [7, 11) is 1.80. The minimum atomic E-state index is -0.0886. The Kier molecular flexibility index (Phi) is 5.30. The molecular formula is C19H26N4O. The number of benzene rings is 1. The number of aryl methyl sites for hydroxylation is 1. The maximum absolute atomic E-state index is 12.0. The second-order valence-corrected chi connectivity index (χ2v) is 6.72. The number of nitrogens with zero attached hydrogens (tertiary/aromatic N) is 3. The van der Waals surface area contributed by atoms with Crippen LogP contribution in [-0.4, -0.2) is 33.2 Å². The fraction of sp³-hybridized carbons (Fsp3) is 0.474. The molecule has 1 amide bonds. The van der Waals surface area contributed by atoms with Crippen molar-refractivity contribution in [1.82, 2.24) is 20.0 Å². The first-order valence-corrected chi connectivity index (χ1v) is 8.70. The second kappa shape index (κ2) is 7.62. The highest BCUT2D eigenvalue weighted by Gasteiger charge is 2.17. The maximum atomic E-state index is 12.0. The molecule has 1 aliphatic rings. The molecule has 1 unspecified atom stereocenters. The standard InChI is InChI=1S/C19H26N4O/c1-15-5-3-4-10-23(15)13-17-8-6-16(7-9-17)11-20-19(24)18-12-21-22(2)14-18/h6-9,12,14-15H,3-5,10-11,13H2,1-2H3,(H,20,24). The topological polar surface area (TPSA) is 50.2 Å². The summed E-state index contributed by atoms with van der Waals surface area (Å²) in [6.07, 6.45) is 7.27. The highest BCUT2D eigenvalue weighted by Crippen LogP contribution is 2.19. The average molecular weight is 326 g/mol. The average Bonchev–Trinajstić information content (AvgIpc) is 3.03. The third kappa shape index (κ3) is 4.23. The van der Waals surface area contributed by atoms with Gasteiger partial charge in [-0.3, -0.25) is 14.4 Å². The Bertz CT molecular complexity index is 677. The molecule has 1 saturated heterocycles. The van der Waals surface area contributed by atoms with E-state index in [0.29, 0.717) is 18.2 Å². The molecule has 1 fully saturated rings. The summed E-state index contributed by atoms with van der Waals surface area (Å²) in [5.74, 6) is -0.0886. The summed E-state index contributed by atoms with van der Waals surface area (Å²) < 4.78 is 1.63. The fourth-order valence-corrected chi connectivity index (χ4v) is 3.21. The number of amides is 1. The van der Waals surface area contributed by atoms with Crippen molar-refractivity contribution in [1.29, 1.82) is 0 Å². The minimum Gasteiger partial charge on any atom is -0.348 e. The molecule has 1 aromatic carbocycles. The van der Waals surface area contributed by atoms with E-state index in [2.05, 4.69) is 46.5 Å². The van der Waals surface area contributed by atoms with E-state index in [-0.39, 0.29) is 5.91 Å². The van der Waals surface area contributed by atoms with E-state index in [9.17, 15) is 4.79 Å². The van der Waals surface area contributed by atoms with Crippen molar-refractivity contribution in [2.75, 3.05) is 6.54 Å². The molecule has 0 aliphatic carbocycles. The number of nitrogens with one attached hydrogen (secondary N) is 1. The van der Waals surface area contributed by atoms with Gasteiger partial charge in [-0.2, -0.15) is 5.10 Å². The molecule has 0 saturated carbocycles. The van der Waals surface area contributed by atoms with Gasteiger partial charge in [0.25, 0.3) is 5.91 Å². The Morgan fingerprint density at radius 2 is 2.00 bits per heavy atom. The van der Waals surface area contributed by atoms with Gasteiger partial charge in [-0.05, 0) is 37.4 Å². The van der Waals surface area contributed by atoms with Gasteiger partial charge in [0.15, 0.2) is 0 Å². The molecule has 5 heteroatoms. The van der Waals surface area contributed by atoms with Crippen LogP contribution in [0.3, 0.4) is 0 Å². The molecule has 0 spiro atoms. The number of carbonyl (C=O) groups is 1. The summed E-state index contributed by atoms with van der Waals surface area (Å²) in [6, 6.07) is 9.23. The van der Waals surface area contributed by atoms with Crippen LogP contribution < -0.4 is 5.32 Å². The van der Waals surface area contributed by atoms with Crippen molar-refractivity contribution < 1.29 is 4.79 Å². The Balaban J connectivity index is 1.51. The zero-order chi connectivity index (χ0) is 16.9. The van der Waals surface area contributed by atoms with Gasteiger partial charge in [0.2, 0.25) is 0 Å². The van der Waals surface area contributed by atoms with E-state index in [0.717, 1.165) is 12.1 Å². The van der Waals surface area contributed by atoms with Gasteiger partial charge < -0.3 is 5.32 Å². The van der Waals surface area contributed by atoms with Crippen molar-refractivity contribution in [3.63, 3.8) is 0 Å². The van der Waals surface area contributed by atoms with E-state index in [1.165, 1.54) is 31.4 Å². The molecular weight excluding hydrogens is 300 g/mol. The van der Waals surface area contributed by atoms with Crippen molar-refractivity contribution >= 4 is 5.91 Å². The van der Waals surface area contributed by atoms with Gasteiger partial charge in [-0.25, -0.2) is 0 Å². The molecule has 0 radical (unpaired) electrons. The molecule has 5 nitrogen and oxygen atoms in total. The van der Waals surface area contributed by atoms with E-state index in [1.807, 2.05) is 0 Å². The van der Waals surface area contributed by atoms with Gasteiger partial charge in [0, 0.05) is 32.4 Å². The highest BCUT2D eigenvalue weighted by atomic mass is 16.1. The molecule has 24 heavy (non-hydrogen) atoms. The maximum Gasteiger partial charge on any atom is 0.254 e. The molecule has 1 atom stereocenters. The van der Waals surface area contributed by atoms with Crippen LogP contribution in [-0.2, 0) is 20.1 Å². The van der Waals surface area contributed by atoms with Crippen molar-refractivity contribution in [2.45, 2.75) is 45.3 Å². The summed E-state index contributed by atoms with van der Waals surface area (Å²) >= 11 is 0. The normalized spacial score (nSPS) is 18.5. The molecule has 2 aromatic rings. The summed E-state index contributed by atoms with van der Waals surface area (Å²) in [6.45, 7) is 5.07. The number of hydrogen-bond donors (Lipinski definition) is 1. The monoisotopic (exact) mass is 326 g/mol. The smallest absolute Gasteiger partial charge is 0.254 e. The summed E-state index contributed by atoms with van der Waals surface area (Å²) in [4.78, 5) is 14.6. The largest absolute Gasteiger partial charge is 0.348 e. The second-order valence-electron chi connectivity index (χ2n) is 6.72. The van der Waals surface area contributed by atoms with Crippen LogP contribution in [0.1, 0.15) is 47.7 Å². The summed E-state index contributed by atoms with van der Waals surface area (Å²) in [5.41, 5.74) is 3.04. The molecule has 1 aromatic heterocycles. The van der Waals surface area contributed by atoms with Gasteiger partial charge in [0.1, 0.15) is 0 Å². The van der Waals surface area contributed by atoms with Gasteiger partial charge >= 0.3 is 0 Å². The predicted molar refractivity (Wildman–Crippen MR) is 94.5 cm³/mol. The lowest BCUT2D eigenvalue weighted by Crippen LogP contribution is -2.36. The number of aromatic nitrogens is 2. The zero-order valence-electron chi connectivity index (χ0n) is 14.5. The third-order valence-electron chi connectivity index (χ3n) is 4.77. The van der Waals surface area contributed by atoms with E-state index >= 15 is 0 Å². The lowest BCUT2D eigenvalue weighted by molar-refractivity contribution is 0.0951. The SMILES string of the molecule is CC1CCCCN1Cc1ccc(CNC(=O)c2cnn(C)c2)cc1. The highest BCUT2D eigenvalue weighted by molar-refractivity contribution is 5.93. The first-order chi connectivity index (χ1) is 11.6. The predicted octanol–water partition coefficient (Wildman–Crippen LogP) is 2.72. The van der Waals surface area contributed by atoms with Crippen LogP contribution in [0.2, 0.25) is 0 Å². The number of rotatable bonds is 5. The molecule has 1 aliphatic heterocycles. The van der Waals surface area contributed by atoms with E-state index < -0.39 is 0 Å². The number of piperidine rings is 1. The lowest BCUT2D eigenvalue weighted by atomic mass is 10.0. The van der Waals surface area contributed by atoms with Crippen LogP contribution in [0.4, 0.5) is 0 Å². The zero-order valence-corrected chi connectivity index (χ0v) is 14.5. The van der Waals surface area contributed by atoms with Crippen molar-refractivity contribution in [3.05, 3.63) is 53.3 Å². The molecule has 0 bridgehead atoms. The van der Waals surface area contributed by atoms with Crippen LogP contribution in [0.25, 0.3) is 0 Å². The number of hydrogen-bond acceptors (Lipinski definition) is 3. The Morgan fingerprint density at radius 3 is 2.67 bits per heavy atom. The third-order valence-corrected chi connectivity index (χ3v) is 4.77. The lowest BCUT2D eigenvalue weighted by Gasteiger charge is -2.33. The van der Waals surface area contributed by atoms with E-state index in [1.54, 1.807) is 24.1 Å². The van der Waals surface area contributed by atoms with Gasteiger partial charge in [-0.1, -0.05) is 30.7 Å². The van der Waals surface area contributed by atoms with Crippen LogP contribution in [0.15, 0.2) is 36.7 Å². The van der Waals surface area contributed by atoms with Gasteiger partial charge in [0.05, 0.1) is 11.8 Å². The molecule has 1 N–H and O–H groups in total. The van der Waals surface area contributed by atoms with Crippen LogP contribution >= 0.6 is 0 Å². The van der Waals surface area contributed by atoms with Crippen molar-refractivity contribution in [2.24, 2.45) is 7.05 Å². The summed E-state index contributed by atoms with van der Waals surface area (Å²) in [5, 5.41) is 6.95. The first kappa shape index (κ1) is 16.7. The molecule has 128 valence electrons. The van der Waals surface area contributed by atoms with Crippen LogP contribution in [0.5, 0.6) is 0 Å².